The molecule has 1 N–H and O–H groups in total. The van der Waals surface area contributed by atoms with Crippen molar-refractivity contribution in [3.8, 4) is 0 Å². The van der Waals surface area contributed by atoms with Crippen LogP contribution in [0.1, 0.15) is 40.0 Å². The highest BCUT2D eigenvalue weighted by atomic mass is 16.4. The molecule has 0 aliphatic heterocycles. The van der Waals surface area contributed by atoms with Crippen LogP contribution in [-0.2, 0) is 9.59 Å². The molecule has 4 unspecified atom stereocenters. The molecule has 0 aromatic rings. The zero-order valence-electron chi connectivity index (χ0n) is 9.54. The van der Waals surface area contributed by atoms with Gasteiger partial charge in [-0.25, -0.2) is 0 Å². The van der Waals surface area contributed by atoms with Crippen LogP contribution in [0.15, 0.2) is 0 Å². The van der Waals surface area contributed by atoms with E-state index in [0.717, 1.165) is 6.42 Å². The molecule has 0 saturated heterocycles. The number of aliphatic carboxylic acids is 1. The number of rotatable bonds is 5. The van der Waals surface area contributed by atoms with Gasteiger partial charge in [-0.2, -0.15) is 0 Å². The average molecular weight is 210 g/mol. The molecule has 2 aliphatic rings. The summed E-state index contributed by atoms with van der Waals surface area (Å²) < 4.78 is 0. The number of carbonyl (C=O) groups is 2. The largest absolute Gasteiger partial charge is 0.481 e. The van der Waals surface area contributed by atoms with Gasteiger partial charge >= 0.3 is 5.97 Å². The fourth-order valence-electron chi connectivity index (χ4n) is 4.03. The van der Waals surface area contributed by atoms with E-state index in [4.69, 9.17) is 5.11 Å². The van der Waals surface area contributed by atoms with Crippen molar-refractivity contribution in [2.24, 2.45) is 22.7 Å². The van der Waals surface area contributed by atoms with Crippen molar-refractivity contribution in [1.29, 1.82) is 0 Å². The highest BCUT2D eigenvalue weighted by Gasteiger charge is 2.93. The zero-order chi connectivity index (χ0) is 11.4. The van der Waals surface area contributed by atoms with Gasteiger partial charge in [0.25, 0.3) is 0 Å². The summed E-state index contributed by atoms with van der Waals surface area (Å²) in [5.74, 6) is 0.0967. The van der Waals surface area contributed by atoms with E-state index in [1.165, 1.54) is 0 Å². The average Bonchev–Trinajstić information content (AvgIpc) is 2.93. The molecule has 3 heteroatoms. The number of hydrogen-bond acceptors (Lipinski definition) is 2. The Kier molecular flexibility index (Phi) is 2.01. The molecule has 15 heavy (non-hydrogen) atoms. The van der Waals surface area contributed by atoms with Crippen LogP contribution in [0.2, 0.25) is 0 Å². The quantitative estimate of drug-likeness (QED) is 0.756. The minimum atomic E-state index is -0.874. The molecule has 4 atom stereocenters. The van der Waals surface area contributed by atoms with Crippen LogP contribution in [-0.4, -0.2) is 16.9 Å². The lowest BCUT2D eigenvalue weighted by molar-refractivity contribution is -0.139. The molecule has 2 saturated carbocycles. The second-order valence-electron chi connectivity index (χ2n) is 5.19. The van der Waals surface area contributed by atoms with E-state index in [9.17, 15) is 9.59 Å². The summed E-state index contributed by atoms with van der Waals surface area (Å²) >= 11 is 0. The summed E-state index contributed by atoms with van der Waals surface area (Å²) in [6.45, 7) is 6.50. The highest BCUT2D eigenvalue weighted by Crippen LogP contribution is 2.94. The summed E-state index contributed by atoms with van der Waals surface area (Å²) in [4.78, 5) is 22.2. The fourth-order valence-corrected chi connectivity index (χ4v) is 4.03. The Morgan fingerprint density at radius 1 is 1.33 bits per heavy atom. The molecule has 0 radical (unpaired) electrons. The Morgan fingerprint density at radius 2 is 1.93 bits per heavy atom. The fraction of sp³-hybridized carbons (Fsp3) is 0.833. The number of Topliss-reactive ketones (excluding diaryl/α,β-unsaturated/α-hetero) is 1. The van der Waals surface area contributed by atoms with Crippen molar-refractivity contribution < 1.29 is 14.7 Å². The topological polar surface area (TPSA) is 54.4 Å². The monoisotopic (exact) mass is 210 g/mol. The van der Waals surface area contributed by atoms with Gasteiger partial charge < -0.3 is 5.11 Å². The van der Waals surface area contributed by atoms with Crippen molar-refractivity contribution in [3.63, 3.8) is 0 Å². The third kappa shape index (κ3) is 1.01. The number of fused-ring (bicyclic) bond motifs is 1. The minimum Gasteiger partial charge on any atom is -0.481 e. The Morgan fingerprint density at radius 3 is 2.27 bits per heavy atom. The van der Waals surface area contributed by atoms with Gasteiger partial charge in [-0.1, -0.05) is 20.8 Å². The van der Waals surface area contributed by atoms with Gasteiger partial charge in [0.05, 0.1) is 6.42 Å². The molecule has 2 aliphatic carbocycles. The lowest BCUT2D eigenvalue weighted by Gasteiger charge is -2.15. The van der Waals surface area contributed by atoms with Crippen molar-refractivity contribution >= 4 is 11.8 Å². The second kappa shape index (κ2) is 2.83. The summed E-state index contributed by atoms with van der Waals surface area (Å²) in [5, 5.41) is 8.53. The first kappa shape index (κ1) is 10.7. The van der Waals surface area contributed by atoms with Crippen molar-refractivity contribution in [2.75, 3.05) is 0 Å². The molecule has 0 bridgehead atoms. The van der Waals surface area contributed by atoms with E-state index in [-0.39, 0.29) is 35.4 Å². The normalized spacial score (nSPS) is 45.8. The Bertz CT molecular complexity index is 336. The molecule has 2 rings (SSSR count). The first-order chi connectivity index (χ1) is 6.92. The van der Waals surface area contributed by atoms with E-state index in [1.807, 2.05) is 0 Å². The number of carboxylic acid groups (broad SMARTS) is 1. The third-order valence-electron chi connectivity index (χ3n) is 5.12. The maximum absolute atomic E-state index is 11.8. The Hall–Kier alpha value is -0.860. The standard InChI is InChI=1S/C12H18O3/c1-4-12-7(2)11(12,3)10(12)8(13)5-6-9(14)15/h7,10H,4-6H2,1-3H3,(H,14,15). The van der Waals surface area contributed by atoms with E-state index in [2.05, 4.69) is 20.8 Å². The van der Waals surface area contributed by atoms with Crippen LogP contribution in [0, 0.1) is 22.7 Å². The molecule has 0 aromatic carbocycles. The summed E-state index contributed by atoms with van der Waals surface area (Å²) in [5.41, 5.74) is 0.444. The van der Waals surface area contributed by atoms with Crippen LogP contribution >= 0.6 is 0 Å². The molecule has 3 nitrogen and oxygen atoms in total. The summed E-state index contributed by atoms with van der Waals surface area (Å²) in [6.07, 6.45) is 1.25. The van der Waals surface area contributed by atoms with Gasteiger partial charge in [0.2, 0.25) is 0 Å². The summed E-state index contributed by atoms with van der Waals surface area (Å²) in [7, 11) is 0. The van der Waals surface area contributed by atoms with Gasteiger partial charge in [-0.05, 0) is 23.2 Å². The van der Waals surface area contributed by atoms with Crippen molar-refractivity contribution in [3.05, 3.63) is 0 Å². The first-order valence-corrected chi connectivity index (χ1v) is 5.67. The number of hydrogen-bond donors (Lipinski definition) is 1. The zero-order valence-corrected chi connectivity index (χ0v) is 9.54. The molecule has 0 heterocycles. The molecule has 0 aromatic heterocycles. The smallest absolute Gasteiger partial charge is 0.303 e. The Labute approximate surface area is 89.9 Å². The molecule has 0 spiro atoms. The molecule has 84 valence electrons. The molecular weight excluding hydrogens is 192 g/mol. The molecule has 2 fully saturated rings. The van der Waals surface area contributed by atoms with Crippen molar-refractivity contribution in [1.82, 2.24) is 0 Å². The SMILES string of the molecule is CCC12C(C)C1(C)C2C(=O)CCC(=O)O. The third-order valence-corrected chi connectivity index (χ3v) is 5.12. The van der Waals surface area contributed by atoms with Gasteiger partial charge in [-0.15, -0.1) is 0 Å². The van der Waals surface area contributed by atoms with Crippen LogP contribution in [0.25, 0.3) is 0 Å². The van der Waals surface area contributed by atoms with Crippen LogP contribution in [0.4, 0.5) is 0 Å². The van der Waals surface area contributed by atoms with E-state index in [1.54, 1.807) is 0 Å². The van der Waals surface area contributed by atoms with Gasteiger partial charge in [0.1, 0.15) is 5.78 Å². The van der Waals surface area contributed by atoms with Gasteiger partial charge in [-0.3, -0.25) is 9.59 Å². The number of ketones is 1. The maximum Gasteiger partial charge on any atom is 0.303 e. The van der Waals surface area contributed by atoms with E-state index >= 15 is 0 Å². The van der Waals surface area contributed by atoms with Gasteiger partial charge in [0.15, 0.2) is 0 Å². The predicted molar refractivity (Wildman–Crippen MR) is 55.4 cm³/mol. The number of carboxylic acids is 1. The van der Waals surface area contributed by atoms with Crippen LogP contribution in [0.3, 0.4) is 0 Å². The second-order valence-corrected chi connectivity index (χ2v) is 5.19. The molecular formula is C12H18O3. The minimum absolute atomic E-state index is 0.0143. The van der Waals surface area contributed by atoms with Crippen LogP contribution < -0.4 is 0 Å². The molecule has 0 amide bonds. The highest BCUT2D eigenvalue weighted by molar-refractivity contribution is 5.91. The summed E-state index contributed by atoms with van der Waals surface area (Å²) in [6, 6.07) is 0. The lowest BCUT2D eigenvalue weighted by atomic mass is 9.87. The first-order valence-electron chi connectivity index (χ1n) is 5.67. The predicted octanol–water partition coefficient (Wildman–Crippen LogP) is 2.10. The van der Waals surface area contributed by atoms with E-state index in [0.29, 0.717) is 5.92 Å². The number of carbonyl (C=O) groups excluding carboxylic acids is 1. The lowest BCUT2D eigenvalue weighted by Crippen LogP contribution is -2.19. The van der Waals surface area contributed by atoms with Crippen LogP contribution in [0.5, 0.6) is 0 Å². The van der Waals surface area contributed by atoms with E-state index < -0.39 is 5.97 Å². The van der Waals surface area contributed by atoms with Crippen molar-refractivity contribution in [2.45, 2.75) is 40.0 Å². The maximum atomic E-state index is 11.8. The Balaban J connectivity index is 1.94. The van der Waals surface area contributed by atoms with Gasteiger partial charge in [0, 0.05) is 12.3 Å².